The number of benzene rings is 2. The van der Waals surface area contributed by atoms with E-state index in [0.29, 0.717) is 27.0 Å². The molecule has 0 aliphatic rings. The molecular weight excluding hydrogens is 351 g/mol. The summed E-state index contributed by atoms with van der Waals surface area (Å²) in [5, 5.41) is 3.65. The molecule has 98 valence electrons. The van der Waals surface area contributed by atoms with Gasteiger partial charge < -0.3 is 11.1 Å². The van der Waals surface area contributed by atoms with Crippen molar-refractivity contribution in [3.63, 3.8) is 0 Å². The van der Waals surface area contributed by atoms with E-state index in [9.17, 15) is 4.79 Å². The number of amides is 1. The van der Waals surface area contributed by atoms with Gasteiger partial charge in [0.25, 0.3) is 5.91 Å². The molecule has 0 aliphatic carbocycles. The molecule has 0 heterocycles. The Morgan fingerprint density at radius 3 is 2.47 bits per heavy atom. The van der Waals surface area contributed by atoms with E-state index in [0.717, 1.165) is 4.47 Å². The maximum absolute atomic E-state index is 12.0. The maximum Gasteiger partial charge on any atom is 0.255 e. The quantitative estimate of drug-likeness (QED) is 0.770. The Labute approximate surface area is 128 Å². The number of hydrogen-bond acceptors (Lipinski definition) is 2. The van der Waals surface area contributed by atoms with Gasteiger partial charge in [-0.25, -0.2) is 0 Å². The second-order valence-electron chi connectivity index (χ2n) is 3.82. The normalized spacial score (nSPS) is 10.3. The van der Waals surface area contributed by atoms with Crippen molar-refractivity contribution in [3.05, 3.63) is 56.5 Å². The third-order valence-corrected chi connectivity index (χ3v) is 4.01. The number of rotatable bonds is 2. The Kier molecular flexibility index (Phi) is 4.34. The van der Waals surface area contributed by atoms with Crippen molar-refractivity contribution in [1.29, 1.82) is 0 Å². The summed E-state index contributed by atoms with van der Waals surface area (Å²) < 4.78 is 0.737. The molecule has 2 aromatic carbocycles. The molecule has 2 rings (SSSR count). The van der Waals surface area contributed by atoms with Gasteiger partial charge in [-0.2, -0.15) is 0 Å². The molecule has 0 saturated heterocycles. The number of nitrogens with two attached hydrogens (primary N) is 1. The topological polar surface area (TPSA) is 55.1 Å². The van der Waals surface area contributed by atoms with Crippen molar-refractivity contribution in [2.24, 2.45) is 0 Å². The van der Waals surface area contributed by atoms with Gasteiger partial charge >= 0.3 is 0 Å². The molecule has 3 nitrogen and oxygen atoms in total. The predicted octanol–water partition coefficient (Wildman–Crippen LogP) is 4.59. The monoisotopic (exact) mass is 358 g/mol. The Balaban J connectivity index is 2.20. The number of nitrogen functional groups attached to an aromatic ring is 1. The first-order valence-electron chi connectivity index (χ1n) is 5.29. The Bertz CT molecular complexity index is 647. The summed E-state index contributed by atoms with van der Waals surface area (Å²) in [6.45, 7) is 0. The van der Waals surface area contributed by atoms with Crippen LogP contribution in [0.2, 0.25) is 10.0 Å². The largest absolute Gasteiger partial charge is 0.397 e. The van der Waals surface area contributed by atoms with Crippen LogP contribution >= 0.6 is 39.1 Å². The van der Waals surface area contributed by atoms with Gasteiger partial charge in [-0.05, 0) is 52.3 Å². The average Bonchev–Trinajstić information content (AvgIpc) is 2.37. The Morgan fingerprint density at radius 2 is 1.84 bits per heavy atom. The van der Waals surface area contributed by atoms with Crippen LogP contribution in [0.4, 0.5) is 11.4 Å². The van der Waals surface area contributed by atoms with Crippen molar-refractivity contribution >= 4 is 56.4 Å². The fourth-order valence-corrected chi connectivity index (χ4v) is 2.01. The van der Waals surface area contributed by atoms with E-state index in [1.54, 1.807) is 36.4 Å². The van der Waals surface area contributed by atoms with Crippen molar-refractivity contribution in [3.8, 4) is 0 Å². The highest BCUT2D eigenvalue weighted by atomic mass is 79.9. The number of nitrogens with one attached hydrogen (secondary N) is 1. The van der Waals surface area contributed by atoms with Crippen LogP contribution in [0.5, 0.6) is 0 Å². The van der Waals surface area contributed by atoms with Crippen molar-refractivity contribution in [2.75, 3.05) is 11.1 Å². The molecule has 0 unspecified atom stereocenters. The smallest absolute Gasteiger partial charge is 0.255 e. The second-order valence-corrected chi connectivity index (χ2v) is 5.49. The second kappa shape index (κ2) is 5.82. The Hall–Kier alpha value is -1.23. The molecule has 0 atom stereocenters. The summed E-state index contributed by atoms with van der Waals surface area (Å²) in [7, 11) is 0. The van der Waals surface area contributed by atoms with Gasteiger partial charge in [0.15, 0.2) is 0 Å². The first kappa shape index (κ1) is 14.2. The summed E-state index contributed by atoms with van der Waals surface area (Å²) >= 11 is 15.0. The van der Waals surface area contributed by atoms with E-state index in [1.165, 1.54) is 0 Å². The molecule has 19 heavy (non-hydrogen) atoms. The molecule has 3 N–H and O–H groups in total. The third kappa shape index (κ3) is 3.41. The van der Waals surface area contributed by atoms with Gasteiger partial charge in [0.2, 0.25) is 0 Å². The zero-order valence-electron chi connectivity index (χ0n) is 9.58. The lowest BCUT2D eigenvalue weighted by molar-refractivity contribution is 0.102. The summed E-state index contributed by atoms with van der Waals surface area (Å²) in [5.74, 6) is -0.267. The van der Waals surface area contributed by atoms with Crippen LogP contribution in [0.3, 0.4) is 0 Å². The highest BCUT2D eigenvalue weighted by molar-refractivity contribution is 9.10. The zero-order chi connectivity index (χ0) is 14.0. The van der Waals surface area contributed by atoms with Gasteiger partial charge in [0, 0.05) is 15.7 Å². The fourth-order valence-electron chi connectivity index (χ4n) is 1.46. The maximum atomic E-state index is 12.0. The van der Waals surface area contributed by atoms with E-state index in [-0.39, 0.29) is 5.91 Å². The SMILES string of the molecule is Nc1cc(NC(=O)c2ccc(Br)c(Cl)c2)ccc1Cl. The fraction of sp³-hybridized carbons (Fsp3) is 0. The van der Waals surface area contributed by atoms with Gasteiger partial charge in [0.1, 0.15) is 0 Å². The molecular formula is C13H9BrCl2N2O. The lowest BCUT2D eigenvalue weighted by atomic mass is 10.2. The first-order chi connectivity index (χ1) is 8.97. The van der Waals surface area contributed by atoms with E-state index < -0.39 is 0 Å². The number of anilines is 2. The number of hydrogen-bond donors (Lipinski definition) is 2. The van der Waals surface area contributed by atoms with Crippen molar-refractivity contribution < 1.29 is 4.79 Å². The third-order valence-electron chi connectivity index (χ3n) is 2.44. The van der Waals surface area contributed by atoms with Gasteiger partial charge in [-0.15, -0.1) is 0 Å². The predicted molar refractivity (Wildman–Crippen MR) is 83.0 cm³/mol. The van der Waals surface area contributed by atoms with E-state index >= 15 is 0 Å². The number of carbonyl (C=O) groups is 1. The molecule has 0 fully saturated rings. The van der Waals surface area contributed by atoms with E-state index in [4.69, 9.17) is 28.9 Å². The van der Waals surface area contributed by atoms with Gasteiger partial charge in [-0.3, -0.25) is 4.79 Å². The molecule has 0 radical (unpaired) electrons. The number of carbonyl (C=O) groups excluding carboxylic acids is 1. The zero-order valence-corrected chi connectivity index (χ0v) is 12.7. The molecule has 6 heteroatoms. The molecule has 0 aromatic heterocycles. The van der Waals surface area contributed by atoms with Crippen LogP contribution in [0.15, 0.2) is 40.9 Å². The standard InChI is InChI=1S/C13H9BrCl2N2O/c14-9-3-1-7(5-11(9)16)13(19)18-8-2-4-10(15)12(17)6-8/h1-6H,17H2,(H,18,19). The van der Waals surface area contributed by atoms with E-state index in [2.05, 4.69) is 21.2 Å². The number of halogens is 3. The summed E-state index contributed by atoms with van der Waals surface area (Å²) in [6.07, 6.45) is 0. The average molecular weight is 360 g/mol. The van der Waals surface area contributed by atoms with Crippen LogP contribution in [0.25, 0.3) is 0 Å². The molecule has 0 spiro atoms. The minimum atomic E-state index is -0.267. The van der Waals surface area contributed by atoms with Crippen LogP contribution < -0.4 is 11.1 Å². The minimum Gasteiger partial charge on any atom is -0.397 e. The molecule has 0 aliphatic heterocycles. The van der Waals surface area contributed by atoms with Gasteiger partial charge in [0.05, 0.1) is 15.7 Å². The summed E-state index contributed by atoms with van der Waals surface area (Å²) in [5.41, 5.74) is 7.11. The molecule has 0 bridgehead atoms. The highest BCUT2D eigenvalue weighted by Gasteiger charge is 2.09. The lowest BCUT2D eigenvalue weighted by Crippen LogP contribution is -2.12. The first-order valence-corrected chi connectivity index (χ1v) is 6.83. The minimum absolute atomic E-state index is 0.267. The van der Waals surface area contributed by atoms with E-state index in [1.807, 2.05) is 0 Å². The Morgan fingerprint density at radius 1 is 1.11 bits per heavy atom. The van der Waals surface area contributed by atoms with Crippen molar-refractivity contribution in [1.82, 2.24) is 0 Å². The lowest BCUT2D eigenvalue weighted by Gasteiger charge is -2.07. The van der Waals surface area contributed by atoms with Gasteiger partial charge in [-0.1, -0.05) is 23.2 Å². The molecule has 1 amide bonds. The summed E-state index contributed by atoms with van der Waals surface area (Å²) in [6, 6.07) is 9.87. The van der Waals surface area contributed by atoms with Crippen LogP contribution in [-0.2, 0) is 0 Å². The molecule has 2 aromatic rings. The van der Waals surface area contributed by atoms with Crippen molar-refractivity contribution in [2.45, 2.75) is 0 Å². The van der Waals surface area contributed by atoms with Crippen LogP contribution in [-0.4, -0.2) is 5.91 Å². The van der Waals surface area contributed by atoms with Crippen LogP contribution in [0.1, 0.15) is 10.4 Å². The van der Waals surface area contributed by atoms with Crippen LogP contribution in [0, 0.1) is 0 Å². The molecule has 0 saturated carbocycles. The highest BCUT2D eigenvalue weighted by Crippen LogP contribution is 2.25. The summed E-state index contributed by atoms with van der Waals surface area (Å²) in [4.78, 5) is 12.0.